The Balaban J connectivity index is 1.57. The minimum atomic E-state index is 0.0486. The molecule has 1 atom stereocenters. The topological polar surface area (TPSA) is 107 Å². The summed E-state index contributed by atoms with van der Waals surface area (Å²) in [5.41, 5.74) is 4.89. The molecule has 1 N–H and O–H groups in total. The maximum Gasteiger partial charge on any atom is 0.205 e. The molecule has 8 nitrogen and oxygen atoms in total. The third-order valence-corrected chi connectivity index (χ3v) is 5.94. The number of tetrazole rings is 1. The van der Waals surface area contributed by atoms with Crippen molar-refractivity contribution < 1.29 is 9.53 Å². The summed E-state index contributed by atoms with van der Waals surface area (Å²) in [6.07, 6.45) is 5.77. The lowest BCUT2D eigenvalue weighted by molar-refractivity contribution is -0.117. The van der Waals surface area contributed by atoms with Crippen LogP contribution < -0.4 is 4.74 Å². The molecule has 1 unspecified atom stereocenters. The Morgan fingerprint density at radius 3 is 2.70 bits per heavy atom. The first kappa shape index (κ1) is 20.9. The normalized spacial score (nSPS) is 15.4. The van der Waals surface area contributed by atoms with Crippen molar-refractivity contribution in [1.82, 2.24) is 30.6 Å². The molecule has 4 aromatic rings. The molecule has 8 heteroatoms. The van der Waals surface area contributed by atoms with Gasteiger partial charge >= 0.3 is 0 Å². The number of Topliss-reactive ketones (excluding diaryl/α,β-unsaturated/α-hetero) is 1. The van der Waals surface area contributed by atoms with Crippen LogP contribution in [0.4, 0.5) is 0 Å². The number of fused-ring (bicyclic) bond motifs is 1. The monoisotopic (exact) mass is 440 g/mol. The molecule has 3 heterocycles. The number of nitrogens with one attached hydrogen (secondary N) is 1. The number of hydrogen-bond acceptors (Lipinski definition) is 7. The van der Waals surface area contributed by atoms with Gasteiger partial charge in [0.1, 0.15) is 17.4 Å². The average molecular weight is 441 g/mol. The van der Waals surface area contributed by atoms with Crippen LogP contribution in [0.5, 0.6) is 5.75 Å². The first-order valence-corrected chi connectivity index (χ1v) is 11.1. The Hall–Kier alpha value is -3.94. The number of rotatable bonds is 6. The van der Waals surface area contributed by atoms with Crippen molar-refractivity contribution in [1.29, 1.82) is 0 Å². The number of carbonyl (C=O) groups is 1. The summed E-state index contributed by atoms with van der Waals surface area (Å²) >= 11 is 0. The standard InChI is InChI=1S/C25H24N6O2/c1-16-6-4-11-33-24-18(13-19(32)15-23-26-9-5-10-27-23)12-17(14-22(16)24)20-7-2-3-8-21(20)25-28-30-31-29-25/h2-3,5,7-10,12,14,16H,4,6,11,13,15H2,1H3,(H,28,29,30,31). The zero-order valence-corrected chi connectivity index (χ0v) is 18.4. The third kappa shape index (κ3) is 4.50. The van der Waals surface area contributed by atoms with Gasteiger partial charge < -0.3 is 4.74 Å². The average Bonchev–Trinajstić information content (AvgIpc) is 3.31. The molecule has 2 aromatic heterocycles. The van der Waals surface area contributed by atoms with Gasteiger partial charge in [0.2, 0.25) is 5.82 Å². The summed E-state index contributed by atoms with van der Waals surface area (Å²) in [5.74, 6) is 2.27. The maximum atomic E-state index is 13.0. The fourth-order valence-corrected chi connectivity index (χ4v) is 4.34. The Labute approximate surface area is 191 Å². The van der Waals surface area contributed by atoms with E-state index in [0.717, 1.165) is 46.4 Å². The number of ether oxygens (including phenoxy) is 1. The van der Waals surface area contributed by atoms with Gasteiger partial charge in [-0.25, -0.2) is 9.97 Å². The van der Waals surface area contributed by atoms with Crippen molar-refractivity contribution in [2.24, 2.45) is 0 Å². The van der Waals surface area contributed by atoms with E-state index in [2.05, 4.69) is 49.6 Å². The van der Waals surface area contributed by atoms with Gasteiger partial charge in [0, 0.05) is 29.9 Å². The highest BCUT2D eigenvalue weighted by Gasteiger charge is 2.23. The van der Waals surface area contributed by atoms with Gasteiger partial charge in [-0.15, -0.1) is 10.2 Å². The molecule has 166 valence electrons. The van der Waals surface area contributed by atoms with E-state index in [1.807, 2.05) is 24.3 Å². The first-order valence-electron chi connectivity index (χ1n) is 11.1. The van der Waals surface area contributed by atoms with E-state index in [9.17, 15) is 4.79 Å². The van der Waals surface area contributed by atoms with Gasteiger partial charge in [-0.2, -0.15) is 5.21 Å². The summed E-state index contributed by atoms with van der Waals surface area (Å²) in [4.78, 5) is 21.4. The predicted molar refractivity (Wildman–Crippen MR) is 123 cm³/mol. The van der Waals surface area contributed by atoms with Gasteiger partial charge in [0.05, 0.1) is 13.0 Å². The third-order valence-electron chi connectivity index (χ3n) is 5.94. The summed E-state index contributed by atoms with van der Waals surface area (Å²) < 4.78 is 6.17. The second kappa shape index (κ2) is 9.28. The van der Waals surface area contributed by atoms with Crippen LogP contribution in [0.25, 0.3) is 22.5 Å². The second-order valence-corrected chi connectivity index (χ2v) is 8.28. The number of aromatic amines is 1. The fourth-order valence-electron chi connectivity index (χ4n) is 4.34. The minimum Gasteiger partial charge on any atom is -0.493 e. The van der Waals surface area contributed by atoms with Crippen molar-refractivity contribution in [3.63, 3.8) is 0 Å². The molecular weight excluding hydrogens is 416 g/mol. The number of aromatic nitrogens is 6. The van der Waals surface area contributed by atoms with Crippen LogP contribution >= 0.6 is 0 Å². The van der Waals surface area contributed by atoms with Crippen LogP contribution in [0.15, 0.2) is 54.9 Å². The zero-order chi connectivity index (χ0) is 22.6. The van der Waals surface area contributed by atoms with Gasteiger partial charge in [0.25, 0.3) is 0 Å². The van der Waals surface area contributed by atoms with Gasteiger partial charge in [-0.1, -0.05) is 31.2 Å². The molecular formula is C25H24N6O2. The van der Waals surface area contributed by atoms with Crippen LogP contribution in [0.1, 0.15) is 42.6 Å². The van der Waals surface area contributed by atoms with E-state index in [4.69, 9.17) is 4.74 Å². The van der Waals surface area contributed by atoms with Gasteiger partial charge in [-0.05, 0) is 58.9 Å². The molecule has 0 saturated heterocycles. The second-order valence-electron chi connectivity index (χ2n) is 8.28. The molecule has 0 saturated carbocycles. The lowest BCUT2D eigenvalue weighted by Crippen LogP contribution is -2.11. The van der Waals surface area contributed by atoms with Crippen LogP contribution in [-0.4, -0.2) is 43.0 Å². The molecule has 0 aliphatic carbocycles. The highest BCUT2D eigenvalue weighted by atomic mass is 16.5. The van der Waals surface area contributed by atoms with E-state index in [1.165, 1.54) is 0 Å². The quantitative estimate of drug-likeness (QED) is 0.484. The van der Waals surface area contributed by atoms with Gasteiger partial charge in [-0.3, -0.25) is 4.79 Å². The van der Waals surface area contributed by atoms with Crippen molar-refractivity contribution in [2.45, 2.75) is 38.5 Å². The highest BCUT2D eigenvalue weighted by Crippen LogP contribution is 2.41. The number of nitrogens with zero attached hydrogens (tertiary/aromatic N) is 5. The summed E-state index contributed by atoms with van der Waals surface area (Å²) in [7, 11) is 0. The molecule has 0 fully saturated rings. The predicted octanol–water partition coefficient (Wildman–Crippen LogP) is 3.95. The molecule has 5 rings (SSSR count). The molecule has 2 aromatic carbocycles. The minimum absolute atomic E-state index is 0.0486. The van der Waals surface area contributed by atoms with Crippen LogP contribution in [0, 0.1) is 0 Å². The Bertz CT molecular complexity index is 1260. The van der Waals surface area contributed by atoms with Gasteiger partial charge in [0.15, 0.2) is 0 Å². The van der Waals surface area contributed by atoms with E-state index in [1.54, 1.807) is 18.5 Å². The zero-order valence-electron chi connectivity index (χ0n) is 18.4. The smallest absolute Gasteiger partial charge is 0.205 e. The van der Waals surface area contributed by atoms with Crippen molar-refractivity contribution in [3.8, 4) is 28.3 Å². The maximum absolute atomic E-state index is 13.0. The number of ketones is 1. The summed E-state index contributed by atoms with van der Waals surface area (Å²) in [6, 6.07) is 13.9. The number of benzene rings is 2. The summed E-state index contributed by atoms with van der Waals surface area (Å²) in [5, 5.41) is 14.6. The molecule has 1 aliphatic heterocycles. The van der Waals surface area contributed by atoms with E-state index in [-0.39, 0.29) is 18.6 Å². The number of H-pyrrole nitrogens is 1. The van der Waals surface area contributed by atoms with Crippen LogP contribution in [0.3, 0.4) is 0 Å². The Kier molecular flexibility index (Phi) is 5.89. The highest BCUT2D eigenvalue weighted by molar-refractivity contribution is 5.86. The molecule has 0 radical (unpaired) electrons. The Morgan fingerprint density at radius 1 is 1.09 bits per heavy atom. The van der Waals surface area contributed by atoms with Crippen molar-refractivity contribution in [2.75, 3.05) is 6.61 Å². The largest absolute Gasteiger partial charge is 0.493 e. The fraction of sp³-hybridized carbons (Fsp3) is 0.280. The SMILES string of the molecule is CC1CCCOc2c(CC(=O)Cc3ncccn3)cc(-c3ccccc3-c3nn[nH]n3)cc21. The molecule has 0 spiro atoms. The van der Waals surface area contributed by atoms with Crippen molar-refractivity contribution >= 4 is 5.78 Å². The van der Waals surface area contributed by atoms with E-state index in [0.29, 0.717) is 24.2 Å². The van der Waals surface area contributed by atoms with E-state index < -0.39 is 0 Å². The summed E-state index contributed by atoms with van der Waals surface area (Å²) in [6.45, 7) is 2.87. The molecule has 0 bridgehead atoms. The first-order chi connectivity index (χ1) is 16.2. The number of carbonyl (C=O) groups excluding carboxylic acids is 1. The molecule has 1 aliphatic rings. The molecule has 0 amide bonds. The van der Waals surface area contributed by atoms with Crippen molar-refractivity contribution in [3.05, 3.63) is 71.8 Å². The van der Waals surface area contributed by atoms with E-state index >= 15 is 0 Å². The van der Waals surface area contributed by atoms with Crippen LogP contribution in [-0.2, 0) is 17.6 Å². The lowest BCUT2D eigenvalue weighted by atomic mass is 9.88. The number of hydrogen-bond donors (Lipinski definition) is 1. The van der Waals surface area contributed by atoms with Crippen LogP contribution in [0.2, 0.25) is 0 Å². The lowest BCUT2D eigenvalue weighted by Gasteiger charge is -2.19. The molecule has 33 heavy (non-hydrogen) atoms. The Morgan fingerprint density at radius 2 is 1.91 bits per heavy atom.